The molecular formula is C44H28. The summed E-state index contributed by atoms with van der Waals surface area (Å²) in [5, 5.41) is 6.49. The highest BCUT2D eigenvalue weighted by atomic mass is 14.1. The van der Waals surface area contributed by atoms with E-state index in [0.717, 1.165) is 43.1 Å². The third-order valence-electron chi connectivity index (χ3n) is 7.88. The average Bonchev–Trinajstić information content (AvgIpc) is 3.90. The summed E-state index contributed by atoms with van der Waals surface area (Å²) in [5.41, 5.74) is 1.65. The van der Waals surface area contributed by atoms with Crippen molar-refractivity contribution in [2.45, 2.75) is 0 Å². The summed E-state index contributed by atoms with van der Waals surface area (Å²) in [5.74, 6) is 28.2. The van der Waals surface area contributed by atoms with Gasteiger partial charge in [0.05, 0.1) is 34.8 Å². The van der Waals surface area contributed by atoms with E-state index in [1.807, 2.05) is 48.6 Å². The Labute approximate surface area is 259 Å². The predicted molar refractivity (Wildman–Crippen MR) is 186 cm³/mol. The van der Waals surface area contributed by atoms with E-state index >= 15 is 0 Å². The molecule has 0 amide bonds. The normalized spacial score (nSPS) is 16.2. The Morgan fingerprint density at radius 3 is 0.795 bits per heavy atom. The van der Waals surface area contributed by atoms with E-state index in [2.05, 4.69) is 145 Å². The molecular weight excluding hydrogens is 528 g/mol. The molecule has 0 aromatic heterocycles. The Bertz CT molecular complexity index is 1940. The zero-order valence-corrected chi connectivity index (χ0v) is 24.2. The van der Waals surface area contributed by atoms with E-state index in [1.165, 1.54) is 0 Å². The Morgan fingerprint density at radius 2 is 0.568 bits per heavy atom. The Kier molecular flexibility index (Phi) is 7.67. The van der Waals surface area contributed by atoms with Crippen LogP contribution in [-0.4, -0.2) is 0 Å². The fraction of sp³-hybridized carbons (Fsp3) is 0.0909. The minimum atomic E-state index is 0.0812. The van der Waals surface area contributed by atoms with Crippen molar-refractivity contribution in [3.05, 3.63) is 156 Å². The van der Waals surface area contributed by atoms with E-state index in [4.69, 9.17) is 0 Å². The van der Waals surface area contributed by atoms with Crippen LogP contribution in [0.5, 0.6) is 0 Å². The Hall–Kier alpha value is -5.92. The molecule has 0 bridgehead atoms. The molecule has 0 fully saturated rings. The number of fused-ring (bicyclic) bond motifs is 2. The van der Waals surface area contributed by atoms with E-state index < -0.39 is 0 Å². The SMILES string of the molecule is C(#CC1C=CC=C1)C(C#CC1C=CC=C1)=c1c2ccccc2c(=C(C#CC2C=CC=C2)C#CC2C=CC=C2)c2ccccc12. The maximum absolute atomic E-state index is 3.51. The topological polar surface area (TPSA) is 0 Å². The molecule has 4 aliphatic carbocycles. The first-order valence-electron chi connectivity index (χ1n) is 15.0. The third kappa shape index (κ3) is 5.72. The first kappa shape index (κ1) is 26.9. The van der Waals surface area contributed by atoms with Gasteiger partial charge in [0.15, 0.2) is 0 Å². The summed E-state index contributed by atoms with van der Waals surface area (Å²) in [7, 11) is 0. The minimum absolute atomic E-state index is 0.0812. The van der Waals surface area contributed by atoms with E-state index in [-0.39, 0.29) is 23.7 Å². The molecule has 204 valence electrons. The van der Waals surface area contributed by atoms with Gasteiger partial charge in [0.25, 0.3) is 0 Å². The molecule has 7 rings (SSSR count). The van der Waals surface area contributed by atoms with Gasteiger partial charge in [-0.25, -0.2) is 0 Å². The molecule has 0 unspecified atom stereocenters. The van der Waals surface area contributed by atoms with Crippen LogP contribution in [0.15, 0.2) is 146 Å². The molecule has 0 heterocycles. The van der Waals surface area contributed by atoms with Crippen LogP contribution in [-0.2, 0) is 0 Å². The van der Waals surface area contributed by atoms with E-state index in [1.54, 1.807) is 0 Å². The van der Waals surface area contributed by atoms with Crippen LogP contribution in [0.4, 0.5) is 0 Å². The smallest absolute Gasteiger partial charge is 0.0829 e. The molecule has 0 heteroatoms. The van der Waals surface area contributed by atoms with Gasteiger partial charge in [-0.15, -0.1) is 0 Å². The Morgan fingerprint density at radius 1 is 0.341 bits per heavy atom. The Balaban J connectivity index is 1.60. The van der Waals surface area contributed by atoms with Crippen molar-refractivity contribution < 1.29 is 0 Å². The van der Waals surface area contributed by atoms with Crippen molar-refractivity contribution in [2.24, 2.45) is 23.7 Å². The quantitative estimate of drug-likeness (QED) is 0.202. The lowest BCUT2D eigenvalue weighted by atomic mass is 9.92. The molecule has 4 aliphatic rings. The number of hydrogen-bond acceptors (Lipinski definition) is 0. The lowest BCUT2D eigenvalue weighted by molar-refractivity contribution is 1.15. The molecule has 3 aromatic carbocycles. The van der Waals surface area contributed by atoms with Gasteiger partial charge in [-0.3, -0.25) is 0 Å². The molecule has 0 spiro atoms. The maximum atomic E-state index is 3.51. The summed E-state index contributed by atoms with van der Waals surface area (Å²) in [4.78, 5) is 0. The molecule has 0 N–H and O–H groups in total. The van der Waals surface area contributed by atoms with Gasteiger partial charge in [-0.05, 0) is 21.5 Å². The molecule has 0 saturated carbocycles. The number of hydrogen-bond donors (Lipinski definition) is 0. The van der Waals surface area contributed by atoms with Gasteiger partial charge in [-0.2, -0.15) is 0 Å². The second kappa shape index (κ2) is 12.5. The summed E-state index contributed by atoms with van der Waals surface area (Å²) in [6.45, 7) is 0. The van der Waals surface area contributed by atoms with Crippen LogP contribution in [0.1, 0.15) is 0 Å². The van der Waals surface area contributed by atoms with Crippen LogP contribution in [0.25, 0.3) is 32.7 Å². The first-order chi connectivity index (χ1) is 21.8. The third-order valence-corrected chi connectivity index (χ3v) is 7.88. The fourth-order valence-corrected chi connectivity index (χ4v) is 5.71. The van der Waals surface area contributed by atoms with Crippen LogP contribution in [0.2, 0.25) is 0 Å². The van der Waals surface area contributed by atoms with Gasteiger partial charge in [0.1, 0.15) is 0 Å². The molecule has 3 aromatic rings. The number of benzene rings is 3. The zero-order chi connectivity index (χ0) is 29.6. The summed E-state index contributed by atoms with van der Waals surface area (Å²) in [6, 6.07) is 17.1. The maximum Gasteiger partial charge on any atom is 0.0829 e. The largest absolute Gasteiger partial charge is 0.0854 e. The monoisotopic (exact) mass is 556 g/mol. The minimum Gasteiger partial charge on any atom is -0.0854 e. The second-order valence-electron chi connectivity index (χ2n) is 10.9. The lowest BCUT2D eigenvalue weighted by Gasteiger charge is -2.09. The van der Waals surface area contributed by atoms with Gasteiger partial charge in [-0.1, -0.05) is 193 Å². The van der Waals surface area contributed by atoms with Crippen molar-refractivity contribution in [1.29, 1.82) is 0 Å². The van der Waals surface area contributed by atoms with Crippen molar-refractivity contribution in [1.82, 2.24) is 0 Å². The highest BCUT2D eigenvalue weighted by Crippen LogP contribution is 2.18. The zero-order valence-electron chi connectivity index (χ0n) is 24.2. The summed E-state index contributed by atoms with van der Waals surface area (Å²) >= 11 is 0. The molecule has 0 radical (unpaired) electrons. The van der Waals surface area contributed by atoms with Crippen LogP contribution >= 0.6 is 0 Å². The van der Waals surface area contributed by atoms with Crippen molar-refractivity contribution in [3.63, 3.8) is 0 Å². The molecule has 0 saturated heterocycles. The first-order valence-corrected chi connectivity index (χ1v) is 15.0. The standard InChI is InChI=1S/C44H28/c1-2-14-33(13-1)25-29-37(30-26-34-15-3-4-16-34)43-39-21-9-11-23-41(39)44(42-24-12-10-22-40(42)43)38(31-27-35-17-5-6-18-35)32-28-36-19-7-8-20-36/h1-24,33-36H. The fourth-order valence-electron chi connectivity index (χ4n) is 5.71. The number of allylic oxidation sites excluding steroid dienone is 16. The van der Waals surface area contributed by atoms with Crippen molar-refractivity contribution in [2.75, 3.05) is 0 Å². The van der Waals surface area contributed by atoms with Gasteiger partial charge in [0.2, 0.25) is 0 Å². The van der Waals surface area contributed by atoms with Crippen LogP contribution < -0.4 is 10.4 Å². The van der Waals surface area contributed by atoms with Crippen LogP contribution in [0.3, 0.4) is 0 Å². The molecule has 0 aliphatic heterocycles. The summed E-state index contributed by atoms with van der Waals surface area (Å²) < 4.78 is 0. The average molecular weight is 557 g/mol. The van der Waals surface area contributed by atoms with Crippen LogP contribution in [0, 0.1) is 71.0 Å². The van der Waals surface area contributed by atoms with Gasteiger partial charge < -0.3 is 0 Å². The highest BCUT2D eigenvalue weighted by molar-refractivity contribution is 6.06. The molecule has 0 nitrogen and oxygen atoms in total. The molecule has 44 heavy (non-hydrogen) atoms. The second-order valence-corrected chi connectivity index (χ2v) is 10.9. The lowest BCUT2D eigenvalue weighted by Crippen LogP contribution is -2.18. The van der Waals surface area contributed by atoms with Crippen molar-refractivity contribution in [3.8, 4) is 47.4 Å². The van der Waals surface area contributed by atoms with Crippen molar-refractivity contribution >= 4 is 32.7 Å². The van der Waals surface area contributed by atoms with Gasteiger partial charge >= 0.3 is 0 Å². The van der Waals surface area contributed by atoms with E-state index in [0.29, 0.717) is 0 Å². The number of rotatable bonds is 0. The summed E-state index contributed by atoms with van der Waals surface area (Å²) in [6.07, 6.45) is 33.3. The van der Waals surface area contributed by atoms with E-state index in [9.17, 15) is 0 Å². The predicted octanol–water partition coefficient (Wildman–Crippen LogP) is 7.28. The molecule has 0 atom stereocenters. The highest BCUT2D eigenvalue weighted by Gasteiger charge is 2.12. The van der Waals surface area contributed by atoms with Gasteiger partial charge in [0, 0.05) is 10.4 Å².